The largest absolute Gasteiger partial charge is 0.490 e. The number of carbonyl (C=O) groups excluding carboxylic acids is 2. The first-order chi connectivity index (χ1) is 13.5. The fourth-order valence-electron chi connectivity index (χ4n) is 2.69. The zero-order valence-electron chi connectivity index (χ0n) is 16.8. The molecular formula is C22H28N2O4. The van der Waals surface area contributed by atoms with E-state index in [0.717, 1.165) is 5.56 Å². The van der Waals surface area contributed by atoms with Gasteiger partial charge in [-0.15, -0.1) is 0 Å². The van der Waals surface area contributed by atoms with Crippen LogP contribution in [0.3, 0.4) is 0 Å². The van der Waals surface area contributed by atoms with Crippen molar-refractivity contribution in [3.05, 3.63) is 59.7 Å². The Morgan fingerprint density at radius 2 is 1.54 bits per heavy atom. The molecule has 2 rings (SSSR count). The predicted octanol–water partition coefficient (Wildman–Crippen LogP) is 3.48. The van der Waals surface area contributed by atoms with Gasteiger partial charge in [0.05, 0.1) is 19.3 Å². The molecule has 1 unspecified atom stereocenters. The van der Waals surface area contributed by atoms with Gasteiger partial charge in [0, 0.05) is 5.56 Å². The minimum absolute atomic E-state index is 0.251. The summed E-state index contributed by atoms with van der Waals surface area (Å²) in [5.41, 5.74) is 1.41. The minimum atomic E-state index is -0.663. The molecule has 6 nitrogen and oxygen atoms in total. The summed E-state index contributed by atoms with van der Waals surface area (Å²) in [7, 11) is 0. The molecule has 2 aromatic rings. The molecule has 0 aliphatic rings. The third kappa shape index (κ3) is 5.74. The van der Waals surface area contributed by atoms with E-state index in [1.165, 1.54) is 0 Å². The topological polar surface area (TPSA) is 76.7 Å². The van der Waals surface area contributed by atoms with Gasteiger partial charge < -0.3 is 20.1 Å². The van der Waals surface area contributed by atoms with Gasteiger partial charge in [-0.05, 0) is 57.5 Å². The Balaban J connectivity index is 2.00. The summed E-state index contributed by atoms with van der Waals surface area (Å²) in [6, 6.07) is 13.5. The zero-order valence-corrected chi connectivity index (χ0v) is 16.8. The monoisotopic (exact) mass is 384 g/mol. The summed E-state index contributed by atoms with van der Waals surface area (Å²) < 4.78 is 11.2. The number of hydrogen-bond donors (Lipinski definition) is 2. The maximum atomic E-state index is 12.5. The van der Waals surface area contributed by atoms with Crippen molar-refractivity contribution in [3.8, 4) is 11.5 Å². The van der Waals surface area contributed by atoms with E-state index in [0.29, 0.717) is 30.3 Å². The van der Waals surface area contributed by atoms with Crippen LogP contribution in [0.15, 0.2) is 48.5 Å². The molecule has 0 spiro atoms. The second-order valence-electron chi connectivity index (χ2n) is 6.36. The molecule has 2 aromatic carbocycles. The van der Waals surface area contributed by atoms with Crippen molar-refractivity contribution in [3.63, 3.8) is 0 Å². The lowest BCUT2D eigenvalue weighted by molar-refractivity contribution is -0.123. The van der Waals surface area contributed by atoms with Gasteiger partial charge in [0.25, 0.3) is 5.91 Å². The number of benzene rings is 2. The maximum absolute atomic E-state index is 12.5. The highest BCUT2D eigenvalue weighted by Gasteiger charge is 2.19. The van der Waals surface area contributed by atoms with E-state index in [2.05, 4.69) is 10.6 Å². The molecule has 6 heteroatoms. The van der Waals surface area contributed by atoms with Crippen molar-refractivity contribution >= 4 is 11.8 Å². The minimum Gasteiger partial charge on any atom is -0.490 e. The van der Waals surface area contributed by atoms with Crippen molar-refractivity contribution in [1.82, 2.24) is 10.6 Å². The Kier molecular flexibility index (Phi) is 7.87. The average molecular weight is 384 g/mol. The summed E-state index contributed by atoms with van der Waals surface area (Å²) in [5.74, 6) is 0.780. The van der Waals surface area contributed by atoms with Gasteiger partial charge in [-0.25, -0.2) is 0 Å². The summed E-state index contributed by atoms with van der Waals surface area (Å²) in [6.07, 6.45) is 0. The number of amides is 2. The lowest BCUT2D eigenvalue weighted by Crippen LogP contribution is -2.45. The molecule has 0 aliphatic carbocycles. The third-order valence-corrected chi connectivity index (χ3v) is 4.20. The van der Waals surface area contributed by atoms with Gasteiger partial charge in [0.2, 0.25) is 5.91 Å². The van der Waals surface area contributed by atoms with E-state index in [-0.39, 0.29) is 17.9 Å². The number of rotatable bonds is 9. The molecule has 0 saturated carbocycles. The van der Waals surface area contributed by atoms with Crippen molar-refractivity contribution in [2.24, 2.45) is 0 Å². The van der Waals surface area contributed by atoms with Gasteiger partial charge in [0.15, 0.2) is 11.5 Å². The Morgan fingerprint density at radius 3 is 2.18 bits per heavy atom. The second kappa shape index (κ2) is 10.3. The highest BCUT2D eigenvalue weighted by Crippen LogP contribution is 2.30. The van der Waals surface area contributed by atoms with E-state index >= 15 is 0 Å². The van der Waals surface area contributed by atoms with Crippen LogP contribution < -0.4 is 20.1 Å². The van der Waals surface area contributed by atoms with Crippen LogP contribution in [0.4, 0.5) is 0 Å². The first-order valence-electron chi connectivity index (χ1n) is 9.52. The van der Waals surface area contributed by atoms with Crippen molar-refractivity contribution < 1.29 is 19.1 Å². The number of ether oxygens (including phenoxy) is 2. The lowest BCUT2D eigenvalue weighted by atomic mass is 10.1. The van der Waals surface area contributed by atoms with Crippen molar-refractivity contribution in [1.29, 1.82) is 0 Å². The highest BCUT2D eigenvalue weighted by molar-refractivity contribution is 5.97. The molecule has 150 valence electrons. The number of hydrogen-bond acceptors (Lipinski definition) is 4. The number of nitrogens with one attached hydrogen (secondary N) is 2. The van der Waals surface area contributed by atoms with Crippen LogP contribution in [-0.4, -0.2) is 31.1 Å². The highest BCUT2D eigenvalue weighted by atomic mass is 16.5. The molecule has 0 heterocycles. The normalized spacial score (nSPS) is 12.6. The third-order valence-electron chi connectivity index (χ3n) is 4.20. The van der Waals surface area contributed by atoms with Gasteiger partial charge in [-0.3, -0.25) is 9.59 Å². The SMILES string of the molecule is CCOc1ccc(C(C)NC(=O)[C@H](C)NC(=O)c2ccccc2)cc1OCC. The van der Waals surface area contributed by atoms with E-state index in [4.69, 9.17) is 9.47 Å². The van der Waals surface area contributed by atoms with E-state index in [1.54, 1.807) is 31.2 Å². The Bertz CT molecular complexity index is 792. The molecule has 0 aliphatic heterocycles. The molecule has 2 atom stereocenters. The van der Waals surface area contributed by atoms with Crippen LogP contribution in [0.25, 0.3) is 0 Å². The van der Waals surface area contributed by atoms with Crippen molar-refractivity contribution in [2.45, 2.75) is 39.8 Å². The smallest absolute Gasteiger partial charge is 0.251 e. The van der Waals surface area contributed by atoms with Gasteiger partial charge >= 0.3 is 0 Å². The quantitative estimate of drug-likeness (QED) is 0.694. The molecule has 2 amide bonds. The molecular weight excluding hydrogens is 356 g/mol. The molecule has 0 aromatic heterocycles. The van der Waals surface area contributed by atoms with Gasteiger partial charge in [0.1, 0.15) is 6.04 Å². The lowest BCUT2D eigenvalue weighted by Gasteiger charge is -2.20. The van der Waals surface area contributed by atoms with Crippen LogP contribution in [0, 0.1) is 0 Å². The number of carbonyl (C=O) groups is 2. The second-order valence-corrected chi connectivity index (χ2v) is 6.36. The zero-order chi connectivity index (χ0) is 20.5. The van der Waals surface area contributed by atoms with Gasteiger partial charge in [-0.1, -0.05) is 24.3 Å². The summed E-state index contributed by atoms with van der Waals surface area (Å²) in [5, 5.41) is 5.64. The van der Waals surface area contributed by atoms with Crippen LogP contribution in [0.5, 0.6) is 11.5 Å². The van der Waals surface area contributed by atoms with Gasteiger partial charge in [-0.2, -0.15) is 0 Å². The van der Waals surface area contributed by atoms with Crippen LogP contribution in [0.2, 0.25) is 0 Å². The first kappa shape index (κ1) is 21.3. The molecule has 0 fully saturated rings. The molecule has 2 N–H and O–H groups in total. The van der Waals surface area contributed by atoms with Crippen LogP contribution in [0.1, 0.15) is 49.7 Å². The van der Waals surface area contributed by atoms with E-state index in [1.807, 2.05) is 45.0 Å². The summed E-state index contributed by atoms with van der Waals surface area (Å²) >= 11 is 0. The summed E-state index contributed by atoms with van der Waals surface area (Å²) in [6.45, 7) is 8.43. The van der Waals surface area contributed by atoms with Crippen LogP contribution in [-0.2, 0) is 4.79 Å². The molecule has 0 bridgehead atoms. The average Bonchev–Trinajstić information content (AvgIpc) is 2.70. The fraction of sp³-hybridized carbons (Fsp3) is 0.364. The Hall–Kier alpha value is -3.02. The molecule has 0 saturated heterocycles. The molecule has 0 radical (unpaired) electrons. The van der Waals surface area contributed by atoms with E-state index in [9.17, 15) is 9.59 Å². The Labute approximate surface area is 166 Å². The predicted molar refractivity (Wildman–Crippen MR) is 109 cm³/mol. The first-order valence-corrected chi connectivity index (χ1v) is 9.52. The van der Waals surface area contributed by atoms with Crippen LogP contribution >= 0.6 is 0 Å². The Morgan fingerprint density at radius 1 is 0.893 bits per heavy atom. The fourth-order valence-corrected chi connectivity index (χ4v) is 2.69. The summed E-state index contributed by atoms with van der Waals surface area (Å²) in [4.78, 5) is 24.7. The molecule has 28 heavy (non-hydrogen) atoms. The maximum Gasteiger partial charge on any atom is 0.251 e. The standard InChI is InChI=1S/C22H28N2O4/c1-5-27-19-13-12-18(14-20(19)28-6-2)15(3)23-21(25)16(4)24-22(26)17-10-8-7-9-11-17/h7-16H,5-6H2,1-4H3,(H,23,25)(H,24,26)/t15?,16-/m0/s1. The van der Waals surface area contributed by atoms with Crippen molar-refractivity contribution in [2.75, 3.05) is 13.2 Å². The van der Waals surface area contributed by atoms with E-state index < -0.39 is 6.04 Å².